The molecule has 0 atom stereocenters. The van der Waals surface area contributed by atoms with E-state index in [9.17, 15) is 13.6 Å². The van der Waals surface area contributed by atoms with Crippen LogP contribution in [-0.2, 0) is 23.9 Å². The van der Waals surface area contributed by atoms with Crippen LogP contribution in [0.2, 0.25) is 0 Å². The second-order valence-electron chi connectivity index (χ2n) is 9.11. The van der Waals surface area contributed by atoms with Crippen LogP contribution >= 0.6 is 11.3 Å². The lowest BCUT2D eigenvalue weighted by Gasteiger charge is -2.45. The smallest absolute Gasteiger partial charge is 0.256 e. The number of benzene rings is 1. The molecular weight excluding hydrogens is 486 g/mol. The van der Waals surface area contributed by atoms with E-state index in [0.29, 0.717) is 30.3 Å². The van der Waals surface area contributed by atoms with Gasteiger partial charge < -0.3 is 15.0 Å². The van der Waals surface area contributed by atoms with Crippen molar-refractivity contribution < 1.29 is 18.3 Å². The van der Waals surface area contributed by atoms with Crippen molar-refractivity contribution in [3.8, 4) is 10.6 Å². The number of hydrogen-bond donors (Lipinski definition) is 1. The summed E-state index contributed by atoms with van der Waals surface area (Å²) in [4.78, 5) is 26.4. The molecule has 11 heteroatoms. The minimum absolute atomic E-state index is 0.141. The maximum absolute atomic E-state index is 13.8. The standard InChI is InChI=1S/C25H22F2N6O2S/c1-13-9-28-24(30-18-6-7-29-32(18)3)31-20(13)21-14(2)19-22(36-21)25(11-35-12-25)33(23(19)34)10-15-4-5-16(26)17(27)8-15/h4-9H,10-12H2,1-3H3,(H,28,30,31). The first-order valence-corrected chi connectivity index (χ1v) is 12.2. The summed E-state index contributed by atoms with van der Waals surface area (Å²) in [5.41, 5.74) is 3.02. The molecule has 0 aliphatic carbocycles. The first kappa shape index (κ1) is 22.7. The summed E-state index contributed by atoms with van der Waals surface area (Å²) >= 11 is 1.53. The molecule has 0 bridgehead atoms. The Morgan fingerprint density at radius 3 is 2.67 bits per heavy atom. The van der Waals surface area contributed by atoms with Gasteiger partial charge in [-0.3, -0.25) is 9.48 Å². The first-order chi connectivity index (χ1) is 17.3. The third-order valence-corrected chi connectivity index (χ3v) is 8.29. The van der Waals surface area contributed by atoms with Crippen molar-refractivity contribution in [1.29, 1.82) is 0 Å². The summed E-state index contributed by atoms with van der Waals surface area (Å²) in [5, 5.41) is 7.33. The molecule has 1 aromatic carbocycles. The Balaban J connectivity index is 1.38. The summed E-state index contributed by atoms with van der Waals surface area (Å²) in [6, 6.07) is 5.56. The fourth-order valence-electron chi connectivity index (χ4n) is 4.75. The molecule has 8 nitrogen and oxygen atoms in total. The fourth-order valence-corrected chi connectivity index (χ4v) is 6.27. The number of amides is 1. The Labute approximate surface area is 209 Å². The molecule has 1 N–H and O–H groups in total. The lowest BCUT2D eigenvalue weighted by atomic mass is 9.94. The Hall–Kier alpha value is -3.70. The molecule has 1 amide bonds. The zero-order chi connectivity index (χ0) is 25.2. The Morgan fingerprint density at radius 1 is 1.19 bits per heavy atom. The SMILES string of the molecule is Cc1cnc(Nc2ccnn2C)nc1-c1sc2c(c1C)C(=O)N(Cc1ccc(F)c(F)c1)C21COC1. The number of carbonyl (C=O) groups is 1. The number of aryl methyl sites for hydroxylation is 2. The highest BCUT2D eigenvalue weighted by atomic mass is 32.1. The van der Waals surface area contributed by atoms with Crippen LogP contribution in [0.1, 0.15) is 31.9 Å². The van der Waals surface area contributed by atoms with Crippen LogP contribution in [0.4, 0.5) is 20.5 Å². The van der Waals surface area contributed by atoms with Gasteiger partial charge in [-0.15, -0.1) is 11.3 Å². The predicted octanol–water partition coefficient (Wildman–Crippen LogP) is 4.46. The van der Waals surface area contributed by atoms with Crippen LogP contribution in [0.25, 0.3) is 10.6 Å². The first-order valence-electron chi connectivity index (χ1n) is 11.3. The topological polar surface area (TPSA) is 85.2 Å². The normalized spacial score (nSPS) is 15.9. The van der Waals surface area contributed by atoms with Crippen molar-refractivity contribution in [1.82, 2.24) is 24.6 Å². The second-order valence-corrected chi connectivity index (χ2v) is 10.1. The molecule has 1 saturated heterocycles. The quantitative estimate of drug-likeness (QED) is 0.429. The van der Waals surface area contributed by atoms with E-state index in [0.717, 1.165) is 44.5 Å². The van der Waals surface area contributed by atoms with Crippen LogP contribution in [-0.4, -0.2) is 43.8 Å². The number of nitrogens with one attached hydrogen (secondary N) is 1. The molecule has 2 aliphatic heterocycles. The average Bonchev–Trinajstić information content (AvgIpc) is 3.45. The number of rotatable bonds is 5. The summed E-state index contributed by atoms with van der Waals surface area (Å²) in [6.07, 6.45) is 3.44. The summed E-state index contributed by atoms with van der Waals surface area (Å²) in [5.74, 6) is -0.798. The van der Waals surface area contributed by atoms with E-state index < -0.39 is 17.2 Å². The van der Waals surface area contributed by atoms with Gasteiger partial charge in [0, 0.05) is 30.7 Å². The molecule has 3 aromatic heterocycles. The predicted molar refractivity (Wildman–Crippen MR) is 130 cm³/mol. The largest absolute Gasteiger partial charge is 0.376 e. The molecule has 0 unspecified atom stereocenters. The Kier molecular flexibility index (Phi) is 5.16. The van der Waals surface area contributed by atoms with Crippen molar-refractivity contribution in [3.63, 3.8) is 0 Å². The minimum Gasteiger partial charge on any atom is -0.376 e. The van der Waals surface area contributed by atoms with E-state index >= 15 is 0 Å². The molecule has 0 radical (unpaired) electrons. The third-order valence-electron chi connectivity index (χ3n) is 6.80. The van der Waals surface area contributed by atoms with Gasteiger partial charge in [0.25, 0.3) is 5.91 Å². The van der Waals surface area contributed by atoms with Gasteiger partial charge in [0.2, 0.25) is 5.95 Å². The second kappa shape index (κ2) is 8.17. The van der Waals surface area contributed by atoms with E-state index in [1.807, 2.05) is 27.0 Å². The summed E-state index contributed by atoms with van der Waals surface area (Å²) in [7, 11) is 1.82. The summed E-state index contributed by atoms with van der Waals surface area (Å²) < 4.78 is 34.5. The van der Waals surface area contributed by atoms with E-state index in [-0.39, 0.29) is 12.5 Å². The van der Waals surface area contributed by atoms with Gasteiger partial charge in [0.05, 0.1) is 35.5 Å². The number of fused-ring (bicyclic) bond motifs is 2. The van der Waals surface area contributed by atoms with Gasteiger partial charge in [-0.25, -0.2) is 18.7 Å². The third kappa shape index (κ3) is 3.34. The molecule has 0 saturated carbocycles. The van der Waals surface area contributed by atoms with Gasteiger partial charge >= 0.3 is 0 Å². The van der Waals surface area contributed by atoms with E-state index in [2.05, 4.69) is 15.4 Å². The molecule has 2 aliphatic rings. The van der Waals surface area contributed by atoms with Crippen LogP contribution < -0.4 is 5.32 Å². The molecule has 6 rings (SSSR count). The van der Waals surface area contributed by atoms with Gasteiger partial charge in [-0.2, -0.15) is 5.10 Å². The van der Waals surface area contributed by atoms with E-state index in [4.69, 9.17) is 9.72 Å². The number of aromatic nitrogens is 4. The van der Waals surface area contributed by atoms with E-state index in [1.54, 1.807) is 22.0 Å². The lowest BCUT2D eigenvalue weighted by molar-refractivity contribution is -0.126. The molecule has 36 heavy (non-hydrogen) atoms. The van der Waals surface area contributed by atoms with Crippen molar-refractivity contribution in [3.05, 3.63) is 75.4 Å². The molecule has 1 fully saturated rings. The number of thiophene rings is 1. The highest BCUT2D eigenvalue weighted by Crippen LogP contribution is 2.52. The minimum atomic E-state index is -0.930. The van der Waals surface area contributed by atoms with Gasteiger partial charge in [-0.05, 0) is 42.7 Å². The maximum atomic E-state index is 13.8. The number of carbonyl (C=O) groups excluding carboxylic acids is 1. The van der Waals surface area contributed by atoms with Crippen molar-refractivity contribution in [2.45, 2.75) is 25.9 Å². The van der Waals surface area contributed by atoms with Gasteiger partial charge in [0.15, 0.2) is 11.6 Å². The Morgan fingerprint density at radius 2 is 2.00 bits per heavy atom. The van der Waals surface area contributed by atoms with Crippen molar-refractivity contribution >= 4 is 29.0 Å². The number of ether oxygens (including phenoxy) is 1. The molecule has 4 aromatic rings. The monoisotopic (exact) mass is 508 g/mol. The van der Waals surface area contributed by atoms with Crippen LogP contribution in [0.5, 0.6) is 0 Å². The molecular formula is C25H22F2N6O2S. The zero-order valence-electron chi connectivity index (χ0n) is 19.8. The van der Waals surface area contributed by atoms with Gasteiger partial charge in [-0.1, -0.05) is 6.07 Å². The number of anilines is 2. The van der Waals surface area contributed by atoms with E-state index in [1.165, 1.54) is 17.4 Å². The lowest BCUT2D eigenvalue weighted by Crippen LogP contribution is -2.56. The highest BCUT2D eigenvalue weighted by molar-refractivity contribution is 7.16. The average molecular weight is 509 g/mol. The number of hydrogen-bond acceptors (Lipinski definition) is 7. The van der Waals surface area contributed by atoms with Crippen LogP contribution in [0.3, 0.4) is 0 Å². The summed E-state index contributed by atoms with van der Waals surface area (Å²) in [6.45, 7) is 4.73. The van der Waals surface area contributed by atoms with Crippen LogP contribution in [0, 0.1) is 25.5 Å². The molecule has 1 spiro atoms. The van der Waals surface area contributed by atoms with Gasteiger partial charge in [0.1, 0.15) is 11.4 Å². The van der Waals surface area contributed by atoms with Crippen LogP contribution in [0.15, 0.2) is 36.7 Å². The zero-order valence-corrected chi connectivity index (χ0v) is 20.6. The Bertz CT molecular complexity index is 1530. The molecule has 5 heterocycles. The molecule has 184 valence electrons. The maximum Gasteiger partial charge on any atom is 0.256 e. The number of halogens is 2. The highest BCUT2D eigenvalue weighted by Gasteiger charge is 2.57. The van der Waals surface area contributed by atoms with Crippen molar-refractivity contribution in [2.24, 2.45) is 7.05 Å². The van der Waals surface area contributed by atoms with Crippen molar-refractivity contribution in [2.75, 3.05) is 18.5 Å². The number of nitrogens with zero attached hydrogens (tertiary/aromatic N) is 5. The fraction of sp³-hybridized carbons (Fsp3) is 0.280.